The molecule has 1 aliphatic rings. The highest BCUT2D eigenvalue weighted by Crippen LogP contribution is 2.29. The number of rotatable bonds is 8. The number of amides is 1. The molecule has 1 fully saturated rings. The first kappa shape index (κ1) is 22.0. The largest absolute Gasteiger partial charge is 0.493 e. The smallest absolute Gasteiger partial charge is 0.309 e. The van der Waals surface area contributed by atoms with Crippen molar-refractivity contribution in [2.45, 2.75) is 24.7 Å². The lowest BCUT2D eigenvalue weighted by molar-refractivity contribution is -0.151. The van der Waals surface area contributed by atoms with Gasteiger partial charge in [-0.25, -0.2) is 13.1 Å². The number of sulfonamides is 1. The van der Waals surface area contributed by atoms with E-state index in [0.29, 0.717) is 38.3 Å². The number of nitrogens with zero attached hydrogens (tertiary/aromatic N) is 1. The molecule has 10 heteroatoms. The molecule has 0 aromatic heterocycles. The molecule has 28 heavy (non-hydrogen) atoms. The first-order valence-electron chi connectivity index (χ1n) is 8.98. The molecule has 0 radical (unpaired) electrons. The van der Waals surface area contributed by atoms with Crippen molar-refractivity contribution in [2.75, 3.05) is 40.5 Å². The van der Waals surface area contributed by atoms with Crippen LogP contribution in [0.15, 0.2) is 23.1 Å². The number of likely N-dealkylation sites (tertiary alicyclic amines) is 1. The number of carbonyl (C=O) groups is 2. The third-order valence-corrected chi connectivity index (χ3v) is 5.95. The summed E-state index contributed by atoms with van der Waals surface area (Å²) >= 11 is 0. The van der Waals surface area contributed by atoms with Gasteiger partial charge in [-0.05, 0) is 31.9 Å². The van der Waals surface area contributed by atoms with Crippen molar-refractivity contribution in [3.63, 3.8) is 0 Å². The van der Waals surface area contributed by atoms with Gasteiger partial charge in [-0.15, -0.1) is 0 Å². The summed E-state index contributed by atoms with van der Waals surface area (Å²) < 4.78 is 42.4. The molecule has 2 rings (SSSR count). The van der Waals surface area contributed by atoms with Crippen LogP contribution in [0.1, 0.15) is 19.8 Å². The Hall–Kier alpha value is -2.33. The van der Waals surface area contributed by atoms with Crippen LogP contribution < -0.4 is 14.2 Å². The van der Waals surface area contributed by atoms with Crippen molar-refractivity contribution < 1.29 is 32.2 Å². The fourth-order valence-corrected chi connectivity index (χ4v) is 3.95. The number of esters is 1. The SMILES string of the molecule is CCOC(=O)C1CCN(C(=O)CNS(=O)(=O)c2ccc(OC)c(OC)c2)CC1. The van der Waals surface area contributed by atoms with Crippen LogP contribution in [-0.4, -0.2) is 65.7 Å². The summed E-state index contributed by atoms with van der Waals surface area (Å²) in [6, 6.07) is 4.19. The third-order valence-electron chi connectivity index (χ3n) is 4.55. The Morgan fingerprint density at radius 1 is 1.14 bits per heavy atom. The molecule has 9 nitrogen and oxygen atoms in total. The zero-order valence-electron chi connectivity index (χ0n) is 16.3. The molecule has 1 aromatic carbocycles. The van der Waals surface area contributed by atoms with E-state index in [0.717, 1.165) is 0 Å². The normalized spacial score (nSPS) is 15.2. The third kappa shape index (κ3) is 5.35. The molecule has 0 saturated carbocycles. The summed E-state index contributed by atoms with van der Waals surface area (Å²) in [4.78, 5) is 25.6. The minimum atomic E-state index is -3.89. The maximum absolute atomic E-state index is 12.5. The van der Waals surface area contributed by atoms with Crippen molar-refractivity contribution in [3.05, 3.63) is 18.2 Å². The number of methoxy groups -OCH3 is 2. The number of carbonyl (C=O) groups excluding carboxylic acids is 2. The number of hydrogen-bond acceptors (Lipinski definition) is 7. The predicted octanol–water partition coefficient (Wildman–Crippen LogP) is 0.784. The van der Waals surface area contributed by atoms with Gasteiger partial charge in [0.05, 0.1) is 38.2 Å². The lowest BCUT2D eigenvalue weighted by atomic mass is 9.97. The average Bonchev–Trinajstić information content (AvgIpc) is 2.71. The van der Waals surface area contributed by atoms with Gasteiger partial charge in [0.1, 0.15) is 0 Å². The molecule has 0 aliphatic carbocycles. The Morgan fingerprint density at radius 2 is 1.79 bits per heavy atom. The van der Waals surface area contributed by atoms with Crippen molar-refractivity contribution in [3.8, 4) is 11.5 Å². The molecule has 0 bridgehead atoms. The van der Waals surface area contributed by atoms with Crippen molar-refractivity contribution >= 4 is 21.9 Å². The van der Waals surface area contributed by atoms with Gasteiger partial charge in [0.15, 0.2) is 11.5 Å². The fourth-order valence-electron chi connectivity index (χ4n) is 2.96. The Bertz CT molecular complexity index is 802. The van der Waals surface area contributed by atoms with Crippen LogP contribution in [-0.2, 0) is 24.3 Å². The molecule has 1 aliphatic heterocycles. The van der Waals surface area contributed by atoms with Gasteiger partial charge in [0.25, 0.3) is 0 Å². The quantitative estimate of drug-likeness (QED) is 0.626. The van der Waals surface area contributed by atoms with Gasteiger partial charge < -0.3 is 19.1 Å². The lowest BCUT2D eigenvalue weighted by Crippen LogP contribution is -2.45. The number of nitrogens with one attached hydrogen (secondary N) is 1. The molecule has 0 spiro atoms. The first-order valence-corrected chi connectivity index (χ1v) is 10.5. The van der Waals surface area contributed by atoms with Crippen molar-refractivity contribution in [1.29, 1.82) is 0 Å². The highest BCUT2D eigenvalue weighted by molar-refractivity contribution is 7.89. The molecule has 0 atom stereocenters. The number of benzene rings is 1. The maximum Gasteiger partial charge on any atom is 0.309 e. The highest BCUT2D eigenvalue weighted by Gasteiger charge is 2.28. The minimum absolute atomic E-state index is 0.0287. The molecule has 1 heterocycles. The topological polar surface area (TPSA) is 111 Å². The molecule has 156 valence electrons. The van der Waals surface area contributed by atoms with E-state index in [1.807, 2.05) is 0 Å². The summed E-state index contributed by atoms with van der Waals surface area (Å²) in [7, 11) is -1.03. The Balaban J connectivity index is 1.92. The van der Waals surface area contributed by atoms with E-state index >= 15 is 0 Å². The first-order chi connectivity index (χ1) is 13.3. The van der Waals surface area contributed by atoms with Crippen LogP contribution in [0.2, 0.25) is 0 Å². The molecule has 1 amide bonds. The van der Waals surface area contributed by atoms with E-state index in [4.69, 9.17) is 14.2 Å². The second-order valence-electron chi connectivity index (χ2n) is 6.25. The van der Waals surface area contributed by atoms with Gasteiger partial charge in [-0.3, -0.25) is 9.59 Å². The predicted molar refractivity (Wildman–Crippen MR) is 101 cm³/mol. The van der Waals surface area contributed by atoms with Crippen LogP contribution >= 0.6 is 0 Å². The molecular formula is C18H26N2O7S. The van der Waals surface area contributed by atoms with E-state index in [9.17, 15) is 18.0 Å². The summed E-state index contributed by atoms with van der Waals surface area (Å²) in [5.74, 6) is -0.123. The van der Waals surface area contributed by atoms with Gasteiger partial charge in [-0.1, -0.05) is 0 Å². The molecule has 0 unspecified atom stereocenters. The van der Waals surface area contributed by atoms with Gasteiger partial charge >= 0.3 is 5.97 Å². The molecular weight excluding hydrogens is 388 g/mol. The zero-order valence-corrected chi connectivity index (χ0v) is 17.1. The number of piperidine rings is 1. The second kappa shape index (κ2) is 9.74. The van der Waals surface area contributed by atoms with Crippen LogP contribution in [0, 0.1) is 5.92 Å². The molecule has 1 aromatic rings. The van der Waals surface area contributed by atoms with Gasteiger partial charge in [0.2, 0.25) is 15.9 Å². The highest BCUT2D eigenvalue weighted by atomic mass is 32.2. The van der Waals surface area contributed by atoms with Crippen LogP contribution in [0.5, 0.6) is 11.5 Å². The van der Waals surface area contributed by atoms with E-state index in [1.54, 1.807) is 11.8 Å². The average molecular weight is 414 g/mol. The van der Waals surface area contributed by atoms with Crippen LogP contribution in [0.3, 0.4) is 0 Å². The van der Waals surface area contributed by atoms with E-state index in [1.165, 1.54) is 32.4 Å². The fraction of sp³-hybridized carbons (Fsp3) is 0.556. The number of ether oxygens (including phenoxy) is 3. The van der Waals surface area contributed by atoms with E-state index in [2.05, 4.69) is 4.72 Å². The standard InChI is InChI=1S/C18H26N2O7S/c1-4-27-18(22)13-7-9-20(10-8-13)17(21)12-19-28(23,24)14-5-6-15(25-2)16(11-14)26-3/h5-6,11,13,19H,4,7-10,12H2,1-3H3. The monoisotopic (exact) mass is 414 g/mol. The summed E-state index contributed by atoms with van der Waals surface area (Å²) in [6.07, 6.45) is 1.01. The summed E-state index contributed by atoms with van der Waals surface area (Å²) in [6.45, 7) is 2.50. The molecule has 1 N–H and O–H groups in total. The van der Waals surface area contributed by atoms with Crippen LogP contribution in [0.25, 0.3) is 0 Å². The van der Waals surface area contributed by atoms with E-state index < -0.39 is 10.0 Å². The maximum atomic E-state index is 12.5. The van der Waals surface area contributed by atoms with Gasteiger partial charge in [-0.2, -0.15) is 0 Å². The minimum Gasteiger partial charge on any atom is -0.493 e. The van der Waals surface area contributed by atoms with Crippen LogP contribution in [0.4, 0.5) is 0 Å². The number of hydrogen-bond donors (Lipinski definition) is 1. The molecule has 1 saturated heterocycles. The van der Waals surface area contributed by atoms with E-state index in [-0.39, 0.29) is 35.0 Å². The van der Waals surface area contributed by atoms with Crippen molar-refractivity contribution in [1.82, 2.24) is 9.62 Å². The Morgan fingerprint density at radius 3 is 2.36 bits per heavy atom. The van der Waals surface area contributed by atoms with Gasteiger partial charge in [0, 0.05) is 19.2 Å². The lowest BCUT2D eigenvalue weighted by Gasteiger charge is -2.30. The Kier molecular flexibility index (Phi) is 7.64. The zero-order chi connectivity index (χ0) is 20.7. The summed E-state index contributed by atoms with van der Waals surface area (Å²) in [5, 5.41) is 0. The second-order valence-corrected chi connectivity index (χ2v) is 8.02. The summed E-state index contributed by atoms with van der Waals surface area (Å²) in [5.41, 5.74) is 0. The Labute approximate surface area is 165 Å². The van der Waals surface area contributed by atoms with Crippen molar-refractivity contribution in [2.24, 2.45) is 5.92 Å².